The van der Waals surface area contributed by atoms with Crippen LogP contribution in [-0.4, -0.2) is 48.4 Å². The van der Waals surface area contributed by atoms with E-state index in [-0.39, 0.29) is 23.1 Å². The van der Waals surface area contributed by atoms with Crippen LogP contribution in [0.25, 0.3) is 10.9 Å². The second-order valence-corrected chi connectivity index (χ2v) is 11.9. The first kappa shape index (κ1) is 20.9. The monoisotopic (exact) mass is 442 g/mol. The maximum Gasteiger partial charge on any atom is 0.215 e. The van der Waals surface area contributed by atoms with Gasteiger partial charge in [-0.1, -0.05) is 32.0 Å². The lowest BCUT2D eigenvalue weighted by Crippen LogP contribution is -2.49. The molecule has 3 fully saturated rings. The van der Waals surface area contributed by atoms with Crippen LogP contribution >= 0.6 is 0 Å². The van der Waals surface area contributed by atoms with E-state index >= 15 is 0 Å². The fraction of sp³-hybridized carbons (Fsp3) is 0.583. The summed E-state index contributed by atoms with van der Waals surface area (Å²) in [5.41, 5.74) is -0.116. The molecule has 0 radical (unpaired) electrons. The number of aromatic nitrogens is 1. The number of nitrogens with zero attached hydrogens (tertiary/aromatic N) is 2. The Hall–Kier alpha value is -1.99. The third kappa shape index (κ3) is 3.28. The Morgan fingerprint density at radius 3 is 2.55 bits per heavy atom. The molecule has 31 heavy (non-hydrogen) atoms. The number of fused-ring (bicyclic) bond motifs is 3. The van der Waals surface area contributed by atoms with E-state index in [4.69, 9.17) is 4.74 Å². The van der Waals surface area contributed by atoms with E-state index in [1.54, 1.807) is 10.5 Å². The molecule has 2 bridgehead atoms. The number of piperidine rings is 1. The Kier molecular flexibility index (Phi) is 4.90. The molecule has 3 aliphatic rings. The van der Waals surface area contributed by atoms with Crippen molar-refractivity contribution in [2.75, 3.05) is 18.8 Å². The summed E-state index contributed by atoms with van der Waals surface area (Å²) in [6.45, 7) is 5.03. The Bertz CT molecular complexity index is 1120. The van der Waals surface area contributed by atoms with Gasteiger partial charge in [-0.2, -0.15) is 0 Å². The van der Waals surface area contributed by atoms with Crippen LogP contribution in [0.15, 0.2) is 36.5 Å². The van der Waals surface area contributed by atoms with Gasteiger partial charge < -0.3 is 4.74 Å². The van der Waals surface area contributed by atoms with Crippen molar-refractivity contribution < 1.29 is 17.9 Å². The predicted molar refractivity (Wildman–Crippen MR) is 119 cm³/mol. The van der Waals surface area contributed by atoms with E-state index in [2.05, 4.69) is 18.8 Å². The molecule has 7 heteroatoms. The summed E-state index contributed by atoms with van der Waals surface area (Å²) in [6.07, 6.45) is 5.18. The lowest BCUT2D eigenvalue weighted by Gasteiger charge is -2.39. The molecule has 0 spiro atoms. The normalized spacial score (nSPS) is 29.0. The minimum atomic E-state index is -3.50. The molecular formula is C24H30N2O4S. The van der Waals surface area contributed by atoms with Gasteiger partial charge in [0.25, 0.3) is 0 Å². The Morgan fingerprint density at radius 1 is 1.13 bits per heavy atom. The number of carbonyl (C=O) groups is 1. The van der Waals surface area contributed by atoms with Gasteiger partial charge in [-0.15, -0.1) is 0 Å². The molecule has 2 aromatic rings. The molecule has 0 N–H and O–H groups in total. The highest BCUT2D eigenvalue weighted by molar-refractivity contribution is 7.89. The van der Waals surface area contributed by atoms with Crippen LogP contribution in [0.1, 0.15) is 46.0 Å². The zero-order valence-corrected chi connectivity index (χ0v) is 19.0. The summed E-state index contributed by atoms with van der Waals surface area (Å²) in [7, 11) is -3.50. The molecule has 6 nitrogen and oxygen atoms in total. The number of carbonyl (C=O) groups excluding carboxylic acids is 1. The second-order valence-electron chi connectivity index (χ2n) is 9.97. The summed E-state index contributed by atoms with van der Waals surface area (Å²) in [4.78, 5) is 17.2. The van der Waals surface area contributed by atoms with Crippen molar-refractivity contribution in [3.63, 3.8) is 0 Å². The van der Waals surface area contributed by atoms with Gasteiger partial charge in [0.15, 0.2) is 0 Å². The fourth-order valence-corrected chi connectivity index (χ4v) is 8.34. The van der Waals surface area contributed by atoms with Crippen molar-refractivity contribution in [1.82, 2.24) is 9.29 Å². The van der Waals surface area contributed by atoms with Crippen LogP contribution in [-0.2, 0) is 14.8 Å². The quantitative estimate of drug-likeness (QED) is 0.704. The second kappa shape index (κ2) is 7.27. The molecule has 2 atom stereocenters. The molecule has 2 heterocycles. The van der Waals surface area contributed by atoms with Crippen molar-refractivity contribution in [1.29, 1.82) is 0 Å². The topological polar surface area (TPSA) is 76.6 Å². The van der Waals surface area contributed by atoms with Crippen LogP contribution in [0, 0.1) is 16.7 Å². The molecule has 0 amide bonds. The highest BCUT2D eigenvalue weighted by atomic mass is 32.2. The first-order valence-corrected chi connectivity index (χ1v) is 12.9. The smallest absolute Gasteiger partial charge is 0.215 e. The standard InChI is InChI=1S/C24H30N2O4S/c1-23(2)18-8-11-24(23,21(27)15-18)16-31(28,29)26-13-9-19(10-14-26)30-20-7-3-5-17-6-4-12-25-22(17)20/h3-7,12,18-19H,8-11,13-16H2,1-2H3. The first-order chi connectivity index (χ1) is 14.7. The summed E-state index contributed by atoms with van der Waals surface area (Å²) in [5, 5.41) is 1.03. The highest BCUT2D eigenvalue weighted by Crippen LogP contribution is 2.64. The number of rotatable bonds is 5. The van der Waals surface area contributed by atoms with Gasteiger partial charge in [0.1, 0.15) is 23.2 Å². The van der Waals surface area contributed by atoms with E-state index < -0.39 is 15.4 Å². The predicted octanol–water partition coefficient (Wildman–Crippen LogP) is 3.80. The summed E-state index contributed by atoms with van der Waals surface area (Å²) in [6, 6.07) is 9.78. The molecule has 1 aromatic carbocycles. The number of ketones is 1. The summed E-state index contributed by atoms with van der Waals surface area (Å²) in [5.74, 6) is 1.18. The number of para-hydroxylation sites is 1. The number of Topliss-reactive ketones (excluding diaryl/α,β-unsaturated/α-hetero) is 1. The molecule has 2 unspecified atom stereocenters. The third-order valence-corrected chi connectivity index (χ3v) is 10.3. The zero-order chi connectivity index (χ0) is 21.9. The molecule has 1 aromatic heterocycles. The fourth-order valence-electron chi connectivity index (χ4n) is 6.09. The summed E-state index contributed by atoms with van der Waals surface area (Å²) < 4.78 is 34.4. The first-order valence-electron chi connectivity index (χ1n) is 11.2. The minimum Gasteiger partial charge on any atom is -0.488 e. The zero-order valence-electron chi connectivity index (χ0n) is 18.2. The highest BCUT2D eigenvalue weighted by Gasteiger charge is 2.65. The van der Waals surface area contributed by atoms with Crippen molar-refractivity contribution in [2.24, 2.45) is 16.7 Å². The van der Waals surface area contributed by atoms with Gasteiger partial charge in [-0.05, 0) is 49.1 Å². The van der Waals surface area contributed by atoms with E-state index in [1.807, 2.05) is 30.3 Å². The lowest BCUT2D eigenvalue weighted by atomic mass is 9.70. The number of pyridine rings is 1. The average Bonchev–Trinajstić information content (AvgIpc) is 3.08. The molecule has 1 aliphatic heterocycles. The molecular weight excluding hydrogens is 412 g/mol. The molecule has 2 aliphatic carbocycles. The van der Waals surface area contributed by atoms with Crippen LogP contribution in [0.3, 0.4) is 0 Å². The summed E-state index contributed by atoms with van der Waals surface area (Å²) >= 11 is 0. The van der Waals surface area contributed by atoms with E-state index in [0.717, 1.165) is 23.1 Å². The Balaban J connectivity index is 1.26. The molecule has 5 rings (SSSR count). The van der Waals surface area contributed by atoms with Crippen LogP contribution in [0.4, 0.5) is 0 Å². The van der Waals surface area contributed by atoms with Crippen LogP contribution < -0.4 is 4.74 Å². The van der Waals surface area contributed by atoms with Gasteiger partial charge in [-0.25, -0.2) is 12.7 Å². The van der Waals surface area contributed by atoms with Gasteiger partial charge >= 0.3 is 0 Å². The van der Waals surface area contributed by atoms with Crippen molar-refractivity contribution in [2.45, 2.75) is 52.1 Å². The van der Waals surface area contributed by atoms with Gasteiger partial charge in [-0.3, -0.25) is 9.78 Å². The van der Waals surface area contributed by atoms with Gasteiger partial charge in [0.05, 0.1) is 5.75 Å². The Labute approximate surface area is 184 Å². The SMILES string of the molecule is CC1(C)C2CCC1(CS(=O)(=O)N1CCC(Oc3cccc4cccnc34)CC1)C(=O)C2. The number of sulfonamides is 1. The maximum atomic E-state index is 13.3. The van der Waals surface area contributed by atoms with Crippen molar-refractivity contribution >= 4 is 26.7 Å². The largest absolute Gasteiger partial charge is 0.488 e. The van der Waals surface area contributed by atoms with Crippen LogP contribution in [0.2, 0.25) is 0 Å². The molecule has 1 saturated heterocycles. The van der Waals surface area contributed by atoms with Crippen molar-refractivity contribution in [3.8, 4) is 5.75 Å². The molecule has 2 saturated carbocycles. The Morgan fingerprint density at radius 2 is 1.87 bits per heavy atom. The lowest BCUT2D eigenvalue weighted by molar-refractivity contribution is -0.128. The number of benzene rings is 1. The molecule has 166 valence electrons. The van der Waals surface area contributed by atoms with Crippen LogP contribution in [0.5, 0.6) is 5.75 Å². The van der Waals surface area contributed by atoms with Gasteiger partial charge in [0.2, 0.25) is 10.0 Å². The number of hydrogen-bond donors (Lipinski definition) is 0. The van der Waals surface area contributed by atoms with E-state index in [1.165, 1.54) is 0 Å². The number of hydrogen-bond acceptors (Lipinski definition) is 5. The number of ether oxygens (including phenoxy) is 1. The maximum absolute atomic E-state index is 13.3. The van der Waals surface area contributed by atoms with Crippen molar-refractivity contribution in [3.05, 3.63) is 36.5 Å². The van der Waals surface area contributed by atoms with E-state index in [0.29, 0.717) is 44.7 Å². The third-order valence-electron chi connectivity index (χ3n) is 8.25. The van der Waals surface area contributed by atoms with E-state index in [9.17, 15) is 13.2 Å². The minimum absolute atomic E-state index is 0.0406. The van der Waals surface area contributed by atoms with Gasteiger partial charge in [0, 0.05) is 36.5 Å². The average molecular weight is 443 g/mol.